The summed E-state index contributed by atoms with van der Waals surface area (Å²) in [5.41, 5.74) is 1.18. The van der Waals surface area contributed by atoms with E-state index >= 15 is 0 Å². The lowest BCUT2D eigenvalue weighted by Gasteiger charge is -2.04. The Bertz CT molecular complexity index is 871. The van der Waals surface area contributed by atoms with Gasteiger partial charge in [0.2, 0.25) is 0 Å². The highest BCUT2D eigenvalue weighted by Crippen LogP contribution is 2.24. The Morgan fingerprint density at radius 3 is 2.86 bits per heavy atom. The molecule has 0 aliphatic rings. The van der Waals surface area contributed by atoms with Gasteiger partial charge >= 0.3 is 5.97 Å². The fraction of sp³-hybridized carbons (Fsp3) is 0. The summed E-state index contributed by atoms with van der Waals surface area (Å²) in [4.78, 5) is 25.4. The van der Waals surface area contributed by atoms with Gasteiger partial charge in [0.1, 0.15) is 5.56 Å². The molecule has 3 aromatic rings. The maximum Gasteiger partial charge on any atom is 0.341 e. The second-order valence-electron chi connectivity index (χ2n) is 4.24. The Balaban J connectivity index is 2.23. The van der Waals surface area contributed by atoms with Crippen LogP contribution in [-0.4, -0.2) is 30.6 Å². The lowest BCUT2D eigenvalue weighted by molar-refractivity contribution is -0.384. The second kappa shape index (κ2) is 4.67. The number of non-ortho nitro benzene ring substituents is 1. The van der Waals surface area contributed by atoms with Crippen LogP contribution >= 0.6 is 0 Å². The minimum atomic E-state index is -1.13. The topological polar surface area (TPSA) is 111 Å². The van der Waals surface area contributed by atoms with E-state index in [1.807, 2.05) is 0 Å². The van der Waals surface area contributed by atoms with E-state index in [1.165, 1.54) is 29.0 Å². The quantitative estimate of drug-likeness (QED) is 0.581. The molecule has 0 amide bonds. The zero-order chi connectivity index (χ0) is 15.0. The first-order valence-corrected chi connectivity index (χ1v) is 5.89. The highest BCUT2D eigenvalue weighted by molar-refractivity contribution is 5.94. The fourth-order valence-corrected chi connectivity index (χ4v) is 2.04. The molecule has 0 fully saturated rings. The van der Waals surface area contributed by atoms with Gasteiger partial charge in [-0.25, -0.2) is 14.3 Å². The van der Waals surface area contributed by atoms with Crippen molar-refractivity contribution < 1.29 is 14.8 Å². The molecule has 0 saturated carbocycles. The molecule has 0 unspecified atom stereocenters. The van der Waals surface area contributed by atoms with Gasteiger partial charge in [-0.3, -0.25) is 10.1 Å². The van der Waals surface area contributed by atoms with Crippen molar-refractivity contribution in [1.29, 1.82) is 0 Å². The van der Waals surface area contributed by atoms with Gasteiger partial charge in [-0.05, 0) is 6.07 Å². The van der Waals surface area contributed by atoms with Crippen LogP contribution in [0.5, 0.6) is 0 Å². The van der Waals surface area contributed by atoms with Crippen LogP contribution in [0.3, 0.4) is 0 Å². The molecular formula is C13H8N4O4. The van der Waals surface area contributed by atoms with Crippen LogP contribution in [0.25, 0.3) is 16.9 Å². The number of nitrogens with zero attached hydrogens (tertiary/aromatic N) is 4. The summed E-state index contributed by atoms with van der Waals surface area (Å²) in [5, 5.41) is 23.9. The number of aromatic carboxylic acids is 1. The molecule has 0 aliphatic heterocycles. The lowest BCUT2D eigenvalue weighted by Crippen LogP contribution is -1.99. The molecule has 0 spiro atoms. The average molecular weight is 284 g/mol. The van der Waals surface area contributed by atoms with E-state index in [1.54, 1.807) is 18.2 Å². The smallest absolute Gasteiger partial charge is 0.341 e. The number of carboxylic acids is 1. The number of fused-ring (bicyclic) bond motifs is 1. The van der Waals surface area contributed by atoms with Crippen molar-refractivity contribution in [3.05, 3.63) is 58.4 Å². The molecule has 0 aliphatic carbocycles. The van der Waals surface area contributed by atoms with E-state index in [0.717, 1.165) is 0 Å². The number of aromatic nitrogens is 3. The van der Waals surface area contributed by atoms with Gasteiger partial charge in [-0.15, -0.1) is 0 Å². The van der Waals surface area contributed by atoms with E-state index in [2.05, 4.69) is 10.1 Å². The van der Waals surface area contributed by atoms with Crippen molar-refractivity contribution in [2.45, 2.75) is 0 Å². The van der Waals surface area contributed by atoms with Crippen LogP contribution in [0.2, 0.25) is 0 Å². The highest BCUT2D eigenvalue weighted by atomic mass is 16.6. The summed E-state index contributed by atoms with van der Waals surface area (Å²) in [5.74, 6) is -1.13. The molecule has 0 saturated heterocycles. The van der Waals surface area contributed by atoms with Gasteiger partial charge in [0.05, 0.1) is 16.8 Å². The summed E-state index contributed by atoms with van der Waals surface area (Å²) in [6, 6.07) is 7.64. The Labute approximate surface area is 117 Å². The van der Waals surface area contributed by atoms with Gasteiger partial charge in [0, 0.05) is 23.9 Å². The number of carbonyl (C=O) groups is 1. The molecule has 3 rings (SSSR count). The van der Waals surface area contributed by atoms with Crippen LogP contribution in [0.15, 0.2) is 42.7 Å². The van der Waals surface area contributed by atoms with E-state index in [9.17, 15) is 14.9 Å². The van der Waals surface area contributed by atoms with Crippen molar-refractivity contribution in [2.24, 2.45) is 0 Å². The summed E-state index contributed by atoms with van der Waals surface area (Å²) >= 11 is 0. The van der Waals surface area contributed by atoms with Crippen LogP contribution in [0.1, 0.15) is 10.4 Å². The van der Waals surface area contributed by atoms with E-state index < -0.39 is 10.9 Å². The Morgan fingerprint density at radius 2 is 2.14 bits per heavy atom. The third kappa shape index (κ3) is 2.08. The largest absolute Gasteiger partial charge is 0.477 e. The molecule has 0 bridgehead atoms. The zero-order valence-electron chi connectivity index (χ0n) is 10.5. The van der Waals surface area contributed by atoms with Crippen molar-refractivity contribution in [3.8, 4) is 11.3 Å². The van der Waals surface area contributed by atoms with Crippen LogP contribution < -0.4 is 0 Å². The minimum absolute atomic E-state index is 0.0257. The van der Waals surface area contributed by atoms with Gasteiger partial charge in [0.15, 0.2) is 5.65 Å². The number of rotatable bonds is 3. The van der Waals surface area contributed by atoms with Crippen LogP contribution in [0, 0.1) is 10.1 Å². The first-order chi connectivity index (χ1) is 10.1. The van der Waals surface area contributed by atoms with Crippen molar-refractivity contribution >= 4 is 17.3 Å². The molecule has 8 heteroatoms. The number of nitro benzene ring substituents is 1. The third-order valence-corrected chi connectivity index (χ3v) is 2.98. The summed E-state index contributed by atoms with van der Waals surface area (Å²) in [6.45, 7) is 0. The average Bonchev–Trinajstić information content (AvgIpc) is 2.91. The Kier molecular flexibility index (Phi) is 2.83. The van der Waals surface area contributed by atoms with Crippen molar-refractivity contribution in [2.75, 3.05) is 0 Å². The second-order valence-corrected chi connectivity index (χ2v) is 4.24. The third-order valence-electron chi connectivity index (χ3n) is 2.98. The zero-order valence-corrected chi connectivity index (χ0v) is 10.5. The normalized spacial score (nSPS) is 10.7. The maximum absolute atomic E-state index is 11.1. The number of benzene rings is 1. The molecule has 104 valence electrons. The highest BCUT2D eigenvalue weighted by Gasteiger charge is 2.16. The van der Waals surface area contributed by atoms with Gasteiger partial charge in [-0.2, -0.15) is 5.10 Å². The Hall–Kier alpha value is -3.29. The SMILES string of the molecule is O=C(O)c1cnn2c(-c3cccc([N+](=O)[O-])c3)ccnc12. The summed E-state index contributed by atoms with van der Waals surface area (Å²) < 4.78 is 1.35. The van der Waals surface area contributed by atoms with E-state index in [0.29, 0.717) is 11.3 Å². The summed E-state index contributed by atoms with van der Waals surface area (Å²) in [6.07, 6.45) is 2.64. The monoisotopic (exact) mass is 284 g/mol. The molecule has 1 aromatic carbocycles. The molecule has 2 aromatic heterocycles. The van der Waals surface area contributed by atoms with E-state index in [4.69, 9.17) is 5.11 Å². The summed E-state index contributed by atoms with van der Waals surface area (Å²) in [7, 11) is 0. The van der Waals surface area contributed by atoms with E-state index in [-0.39, 0.29) is 16.9 Å². The molecule has 8 nitrogen and oxygen atoms in total. The lowest BCUT2D eigenvalue weighted by atomic mass is 10.1. The Morgan fingerprint density at radius 1 is 1.33 bits per heavy atom. The molecule has 0 radical (unpaired) electrons. The molecule has 21 heavy (non-hydrogen) atoms. The predicted octanol–water partition coefficient (Wildman–Crippen LogP) is 2.00. The molecular weight excluding hydrogens is 276 g/mol. The van der Waals surface area contributed by atoms with Crippen molar-refractivity contribution in [3.63, 3.8) is 0 Å². The maximum atomic E-state index is 11.1. The van der Waals surface area contributed by atoms with Crippen LogP contribution in [0.4, 0.5) is 5.69 Å². The fourth-order valence-electron chi connectivity index (χ4n) is 2.04. The van der Waals surface area contributed by atoms with Crippen molar-refractivity contribution in [1.82, 2.24) is 14.6 Å². The first-order valence-electron chi connectivity index (χ1n) is 5.89. The number of nitro groups is 1. The number of hydrogen-bond donors (Lipinski definition) is 1. The number of hydrogen-bond acceptors (Lipinski definition) is 5. The predicted molar refractivity (Wildman–Crippen MR) is 72.0 cm³/mol. The van der Waals surface area contributed by atoms with Gasteiger partial charge in [-0.1, -0.05) is 12.1 Å². The molecule has 1 N–H and O–H groups in total. The van der Waals surface area contributed by atoms with Gasteiger partial charge in [0.25, 0.3) is 5.69 Å². The minimum Gasteiger partial charge on any atom is -0.477 e. The number of carboxylic acid groups (broad SMARTS) is 1. The van der Waals surface area contributed by atoms with Gasteiger partial charge < -0.3 is 5.11 Å². The molecule has 0 atom stereocenters. The standard InChI is InChI=1S/C13H8N4O4/c18-13(19)10-7-15-16-11(4-5-14-12(10)16)8-2-1-3-9(6-8)17(20)21/h1-7H,(H,18,19). The van der Waals surface area contributed by atoms with Crippen LogP contribution in [-0.2, 0) is 0 Å². The first kappa shape index (κ1) is 12.7. The molecule has 2 heterocycles.